The molecule has 0 heterocycles. The molecule has 6 nitrogen and oxygen atoms in total. The molecule has 26 heavy (non-hydrogen) atoms. The molecule has 0 atom stereocenters. The van der Waals surface area contributed by atoms with E-state index >= 15 is 0 Å². The van der Waals surface area contributed by atoms with Gasteiger partial charge in [0.2, 0.25) is 0 Å². The van der Waals surface area contributed by atoms with Gasteiger partial charge in [-0.1, -0.05) is 11.6 Å². The number of carboxylic acids is 1. The van der Waals surface area contributed by atoms with Gasteiger partial charge in [-0.3, -0.25) is 9.59 Å². The first-order chi connectivity index (χ1) is 12.3. The van der Waals surface area contributed by atoms with Crippen LogP contribution in [0.25, 0.3) is 0 Å². The number of benzene rings is 2. The van der Waals surface area contributed by atoms with Crippen molar-refractivity contribution in [2.75, 3.05) is 18.9 Å². The number of ether oxygens (including phenoxy) is 1. The van der Waals surface area contributed by atoms with Crippen LogP contribution in [0.5, 0.6) is 5.75 Å². The zero-order chi connectivity index (χ0) is 19.3. The maximum Gasteiger partial charge on any atom is 0.322 e. The van der Waals surface area contributed by atoms with Crippen molar-refractivity contribution in [2.45, 2.75) is 6.61 Å². The molecule has 0 fully saturated rings. The van der Waals surface area contributed by atoms with Crippen molar-refractivity contribution in [2.24, 2.45) is 0 Å². The van der Waals surface area contributed by atoms with Crippen molar-refractivity contribution in [1.82, 2.24) is 5.32 Å². The summed E-state index contributed by atoms with van der Waals surface area (Å²) in [6.45, 7) is -0.175. The van der Waals surface area contributed by atoms with Gasteiger partial charge in [-0.15, -0.1) is 0 Å². The average Bonchev–Trinajstić information content (AvgIpc) is 2.58. The smallest absolute Gasteiger partial charge is 0.322 e. The van der Waals surface area contributed by atoms with E-state index in [1.54, 1.807) is 31.3 Å². The third kappa shape index (κ3) is 5.62. The van der Waals surface area contributed by atoms with Crippen LogP contribution >= 0.6 is 43.5 Å². The van der Waals surface area contributed by atoms with Crippen molar-refractivity contribution in [3.8, 4) is 5.75 Å². The second-order valence-corrected chi connectivity index (χ2v) is 7.38. The van der Waals surface area contributed by atoms with Crippen molar-refractivity contribution < 1.29 is 19.4 Å². The van der Waals surface area contributed by atoms with E-state index in [9.17, 15) is 9.59 Å². The predicted octanol–water partition coefficient (Wildman–Crippen LogP) is 4.30. The molecule has 0 saturated carbocycles. The quantitative estimate of drug-likeness (QED) is 0.521. The Bertz CT molecular complexity index is 823. The van der Waals surface area contributed by atoms with Gasteiger partial charge in [0.15, 0.2) is 0 Å². The van der Waals surface area contributed by atoms with Crippen LogP contribution in [0.15, 0.2) is 39.3 Å². The first-order valence-electron chi connectivity index (χ1n) is 7.39. The Morgan fingerprint density at radius 1 is 1.15 bits per heavy atom. The molecule has 2 rings (SSSR count). The van der Waals surface area contributed by atoms with Crippen LogP contribution in [0.1, 0.15) is 15.9 Å². The van der Waals surface area contributed by atoms with E-state index in [0.29, 0.717) is 25.3 Å². The van der Waals surface area contributed by atoms with E-state index in [1.807, 2.05) is 6.07 Å². The van der Waals surface area contributed by atoms with Crippen LogP contribution < -0.4 is 15.4 Å². The highest BCUT2D eigenvalue weighted by Gasteiger charge is 2.14. The lowest BCUT2D eigenvalue weighted by molar-refractivity contribution is -0.135. The topological polar surface area (TPSA) is 87.7 Å². The van der Waals surface area contributed by atoms with Gasteiger partial charge < -0.3 is 20.5 Å². The van der Waals surface area contributed by atoms with Crippen LogP contribution in [0.2, 0.25) is 5.02 Å². The van der Waals surface area contributed by atoms with Gasteiger partial charge in [-0.25, -0.2) is 0 Å². The monoisotopic (exact) mass is 504 g/mol. The molecule has 0 unspecified atom stereocenters. The van der Waals surface area contributed by atoms with Crippen LogP contribution in [-0.4, -0.2) is 30.6 Å². The minimum atomic E-state index is -1.11. The van der Waals surface area contributed by atoms with Gasteiger partial charge in [0, 0.05) is 23.3 Å². The van der Waals surface area contributed by atoms with E-state index in [4.69, 9.17) is 21.4 Å². The van der Waals surface area contributed by atoms with E-state index < -0.39 is 18.4 Å². The number of carbonyl (C=O) groups excluding carboxylic acids is 1. The van der Waals surface area contributed by atoms with Crippen LogP contribution in [0.4, 0.5) is 5.69 Å². The molecule has 0 saturated heterocycles. The standard InChI is InChI=1S/C17H15Br2ClN2O4/c1-21-12-3-9(2-11(20)6-12)8-26-16-13(18)4-10(5-14(16)19)17(25)22-7-15(23)24/h2-6,21H,7-8H2,1H3,(H,22,25)(H,23,24). The summed E-state index contributed by atoms with van der Waals surface area (Å²) >= 11 is 12.8. The molecule has 138 valence electrons. The number of halogens is 3. The van der Waals surface area contributed by atoms with Crippen molar-refractivity contribution in [3.05, 3.63) is 55.4 Å². The van der Waals surface area contributed by atoms with Crippen LogP contribution in [0, 0.1) is 0 Å². The Balaban J connectivity index is 2.14. The molecule has 0 aliphatic carbocycles. The van der Waals surface area contributed by atoms with Crippen LogP contribution in [0.3, 0.4) is 0 Å². The summed E-state index contributed by atoms with van der Waals surface area (Å²) in [5.41, 5.74) is 2.06. The molecule has 2 aromatic carbocycles. The normalized spacial score (nSPS) is 10.3. The molecule has 0 spiro atoms. The first-order valence-corrected chi connectivity index (χ1v) is 9.35. The second-order valence-electron chi connectivity index (χ2n) is 5.23. The fourth-order valence-corrected chi connectivity index (χ4v) is 3.79. The zero-order valence-corrected chi connectivity index (χ0v) is 17.5. The highest BCUT2D eigenvalue weighted by atomic mass is 79.9. The summed E-state index contributed by atoms with van der Waals surface area (Å²) in [6.07, 6.45) is 0. The van der Waals surface area contributed by atoms with Crippen LogP contribution in [-0.2, 0) is 11.4 Å². The fourth-order valence-electron chi connectivity index (χ4n) is 2.12. The van der Waals surface area contributed by atoms with E-state index in [0.717, 1.165) is 11.3 Å². The molecule has 0 aromatic heterocycles. The summed E-state index contributed by atoms with van der Waals surface area (Å²) in [6, 6.07) is 8.66. The van der Waals surface area contributed by atoms with E-state index in [1.165, 1.54) is 0 Å². The molecule has 0 bridgehead atoms. The highest BCUT2D eigenvalue weighted by Crippen LogP contribution is 2.35. The molecule has 0 radical (unpaired) electrons. The van der Waals surface area contributed by atoms with E-state index in [2.05, 4.69) is 42.5 Å². The number of nitrogens with one attached hydrogen (secondary N) is 2. The lowest BCUT2D eigenvalue weighted by Crippen LogP contribution is -2.29. The number of carbonyl (C=O) groups is 2. The lowest BCUT2D eigenvalue weighted by Gasteiger charge is -2.13. The number of rotatable bonds is 7. The third-order valence-electron chi connectivity index (χ3n) is 3.29. The summed E-state index contributed by atoms with van der Waals surface area (Å²) in [4.78, 5) is 22.5. The summed E-state index contributed by atoms with van der Waals surface area (Å²) < 4.78 is 6.95. The van der Waals surface area contributed by atoms with Gasteiger partial charge in [-0.2, -0.15) is 0 Å². The molecule has 1 amide bonds. The molecular formula is C17H15Br2ClN2O4. The third-order valence-corrected chi connectivity index (χ3v) is 4.69. The number of anilines is 1. The highest BCUT2D eigenvalue weighted by molar-refractivity contribution is 9.11. The minimum Gasteiger partial charge on any atom is -0.487 e. The maximum atomic E-state index is 12.0. The summed E-state index contributed by atoms with van der Waals surface area (Å²) in [5.74, 6) is -1.08. The zero-order valence-electron chi connectivity index (χ0n) is 13.6. The molecule has 3 N–H and O–H groups in total. The summed E-state index contributed by atoms with van der Waals surface area (Å²) in [5, 5.41) is 14.6. The second kappa shape index (κ2) is 9.25. The van der Waals surface area contributed by atoms with Gasteiger partial charge >= 0.3 is 5.97 Å². The largest absolute Gasteiger partial charge is 0.487 e. The van der Waals surface area contributed by atoms with Gasteiger partial charge in [0.25, 0.3) is 5.91 Å². The number of amides is 1. The molecule has 0 aliphatic heterocycles. The Kier molecular flexibility index (Phi) is 7.31. The first kappa shape index (κ1) is 20.5. The minimum absolute atomic E-state index is 0.275. The number of aliphatic carboxylic acids is 1. The fraction of sp³-hybridized carbons (Fsp3) is 0.176. The maximum absolute atomic E-state index is 12.0. The van der Waals surface area contributed by atoms with Gasteiger partial charge in [0.05, 0.1) is 8.95 Å². The molecule has 9 heteroatoms. The SMILES string of the molecule is CNc1cc(Cl)cc(COc2c(Br)cc(C(=O)NCC(=O)O)cc2Br)c1. The summed E-state index contributed by atoms with van der Waals surface area (Å²) in [7, 11) is 1.80. The molecular weight excluding hydrogens is 491 g/mol. The Morgan fingerprint density at radius 2 is 1.81 bits per heavy atom. The van der Waals surface area contributed by atoms with Crippen molar-refractivity contribution >= 4 is 61.0 Å². The van der Waals surface area contributed by atoms with Crippen molar-refractivity contribution in [1.29, 1.82) is 0 Å². The number of hydrogen-bond donors (Lipinski definition) is 3. The Morgan fingerprint density at radius 3 is 2.38 bits per heavy atom. The van der Waals surface area contributed by atoms with Gasteiger partial charge in [0.1, 0.15) is 18.9 Å². The number of carboxylic acid groups (broad SMARTS) is 1. The number of hydrogen-bond acceptors (Lipinski definition) is 4. The van der Waals surface area contributed by atoms with Gasteiger partial charge in [-0.05, 0) is 67.8 Å². The lowest BCUT2D eigenvalue weighted by atomic mass is 10.2. The average molecular weight is 507 g/mol. The molecule has 0 aliphatic rings. The predicted molar refractivity (Wildman–Crippen MR) is 107 cm³/mol. The molecule has 2 aromatic rings. The van der Waals surface area contributed by atoms with E-state index in [-0.39, 0.29) is 6.61 Å². The Labute approximate surface area is 172 Å². The van der Waals surface area contributed by atoms with Crippen molar-refractivity contribution in [3.63, 3.8) is 0 Å². The Hall–Kier alpha value is -1.77.